The zero-order valence-electron chi connectivity index (χ0n) is 14.7. The summed E-state index contributed by atoms with van der Waals surface area (Å²) in [6, 6.07) is 6.04. The molecule has 1 amide bonds. The number of halogens is 1. The minimum absolute atomic E-state index is 0.287. The van der Waals surface area contributed by atoms with E-state index in [4.69, 9.17) is 4.74 Å². The highest BCUT2D eigenvalue weighted by Crippen LogP contribution is 2.44. The molecule has 2 aliphatic heterocycles. The summed E-state index contributed by atoms with van der Waals surface area (Å²) < 4.78 is 32.5. The van der Waals surface area contributed by atoms with Gasteiger partial charge in [-0.05, 0) is 52.3 Å². The molecule has 7 heteroatoms. The Bertz CT molecular complexity index is 824. The standard InChI is InChI=1S/C18H22BrNO4S/c1-11-5-7-12(8-6-11)25(22,23)16-10-14-13(19)9-15(16)20(14)17(21)24-18(2,3)4/h5-9,14-16H,10H2,1-4H3/t14-,15-,16+/m0/s1. The van der Waals surface area contributed by atoms with Gasteiger partial charge in [-0.25, -0.2) is 13.2 Å². The maximum absolute atomic E-state index is 13.1. The molecule has 5 nitrogen and oxygen atoms in total. The first-order valence-electron chi connectivity index (χ1n) is 8.20. The van der Waals surface area contributed by atoms with E-state index in [-0.39, 0.29) is 6.04 Å². The lowest BCUT2D eigenvalue weighted by Crippen LogP contribution is -2.43. The number of sulfone groups is 1. The Kier molecular flexibility index (Phi) is 4.52. The van der Waals surface area contributed by atoms with Gasteiger partial charge in [0.1, 0.15) is 5.60 Å². The average Bonchev–Trinajstić information content (AvgIpc) is 3.00. The molecule has 1 aromatic carbocycles. The summed E-state index contributed by atoms with van der Waals surface area (Å²) in [5.41, 5.74) is 0.376. The minimum Gasteiger partial charge on any atom is -0.444 e. The van der Waals surface area contributed by atoms with Gasteiger partial charge in [0.25, 0.3) is 0 Å². The molecule has 1 saturated heterocycles. The van der Waals surface area contributed by atoms with E-state index >= 15 is 0 Å². The summed E-state index contributed by atoms with van der Waals surface area (Å²) in [7, 11) is -3.53. The fraction of sp³-hybridized carbons (Fsp3) is 0.500. The monoisotopic (exact) mass is 427 g/mol. The molecule has 1 fully saturated rings. The van der Waals surface area contributed by atoms with Crippen LogP contribution in [-0.2, 0) is 14.6 Å². The van der Waals surface area contributed by atoms with Crippen molar-refractivity contribution in [2.24, 2.45) is 0 Å². The minimum atomic E-state index is -3.53. The maximum atomic E-state index is 13.1. The Morgan fingerprint density at radius 2 is 1.84 bits per heavy atom. The van der Waals surface area contributed by atoms with E-state index in [9.17, 15) is 13.2 Å². The fourth-order valence-electron chi connectivity index (χ4n) is 3.34. The maximum Gasteiger partial charge on any atom is 0.411 e. The predicted octanol–water partition coefficient (Wildman–Crippen LogP) is 3.81. The zero-order valence-corrected chi connectivity index (χ0v) is 17.1. The number of benzene rings is 1. The van der Waals surface area contributed by atoms with Crippen LogP contribution < -0.4 is 0 Å². The highest BCUT2D eigenvalue weighted by atomic mass is 79.9. The van der Waals surface area contributed by atoms with Gasteiger partial charge in [-0.15, -0.1) is 0 Å². The molecule has 2 aliphatic rings. The third kappa shape index (κ3) is 3.36. The topological polar surface area (TPSA) is 63.7 Å². The summed E-state index contributed by atoms with van der Waals surface area (Å²) in [6.45, 7) is 7.31. The van der Waals surface area contributed by atoms with Crippen molar-refractivity contribution in [1.29, 1.82) is 0 Å². The molecular formula is C18H22BrNO4S. The molecule has 3 rings (SSSR count). The van der Waals surface area contributed by atoms with Crippen molar-refractivity contribution >= 4 is 31.9 Å². The largest absolute Gasteiger partial charge is 0.444 e. The number of rotatable bonds is 2. The average molecular weight is 428 g/mol. The normalized spacial score (nSPS) is 25.9. The van der Waals surface area contributed by atoms with Crippen molar-refractivity contribution in [2.45, 2.75) is 61.9 Å². The molecule has 25 heavy (non-hydrogen) atoms. The third-order valence-corrected chi connectivity index (χ3v) is 7.48. The van der Waals surface area contributed by atoms with E-state index in [1.165, 1.54) is 0 Å². The molecule has 0 aliphatic carbocycles. The summed E-state index contributed by atoms with van der Waals surface area (Å²) in [5.74, 6) is 0. The van der Waals surface area contributed by atoms with Crippen LogP contribution in [0.1, 0.15) is 32.8 Å². The van der Waals surface area contributed by atoms with Gasteiger partial charge in [-0.2, -0.15) is 0 Å². The van der Waals surface area contributed by atoms with Gasteiger partial charge in [-0.3, -0.25) is 4.90 Å². The van der Waals surface area contributed by atoms with E-state index in [1.54, 1.807) is 49.9 Å². The number of hydrogen-bond donors (Lipinski definition) is 0. The Balaban J connectivity index is 1.90. The second-order valence-corrected chi connectivity index (χ2v) is 10.7. The molecule has 0 unspecified atom stereocenters. The zero-order chi connectivity index (χ0) is 18.6. The molecule has 0 N–H and O–H groups in total. The van der Waals surface area contributed by atoms with Crippen LogP contribution >= 0.6 is 15.9 Å². The first kappa shape index (κ1) is 18.5. The molecular weight excluding hydrogens is 406 g/mol. The first-order valence-corrected chi connectivity index (χ1v) is 10.5. The van der Waals surface area contributed by atoms with Gasteiger partial charge < -0.3 is 4.74 Å². The van der Waals surface area contributed by atoms with Crippen LogP contribution in [0.3, 0.4) is 0 Å². The number of carbonyl (C=O) groups is 1. The molecule has 3 atom stereocenters. The fourth-order valence-corrected chi connectivity index (χ4v) is 5.90. The van der Waals surface area contributed by atoms with Gasteiger partial charge in [0.2, 0.25) is 0 Å². The van der Waals surface area contributed by atoms with E-state index < -0.39 is 32.8 Å². The van der Waals surface area contributed by atoms with Crippen LogP contribution in [-0.4, -0.2) is 42.3 Å². The molecule has 0 saturated carbocycles. The molecule has 1 aromatic rings. The highest BCUT2D eigenvalue weighted by molar-refractivity contribution is 9.11. The number of aryl methyl sites for hydroxylation is 1. The van der Waals surface area contributed by atoms with E-state index in [1.807, 2.05) is 13.0 Å². The van der Waals surface area contributed by atoms with Crippen LogP contribution in [0.2, 0.25) is 0 Å². The van der Waals surface area contributed by atoms with Crippen molar-refractivity contribution in [2.75, 3.05) is 0 Å². The number of amides is 1. The van der Waals surface area contributed by atoms with Gasteiger partial charge >= 0.3 is 6.09 Å². The molecule has 136 valence electrons. The highest BCUT2D eigenvalue weighted by Gasteiger charge is 2.54. The van der Waals surface area contributed by atoms with E-state index in [0.29, 0.717) is 11.3 Å². The predicted molar refractivity (Wildman–Crippen MR) is 99.4 cm³/mol. The van der Waals surface area contributed by atoms with Crippen molar-refractivity contribution in [3.8, 4) is 0 Å². The van der Waals surface area contributed by atoms with Gasteiger partial charge in [0.05, 0.1) is 22.2 Å². The second-order valence-electron chi connectivity index (χ2n) is 7.58. The molecule has 0 radical (unpaired) electrons. The lowest BCUT2D eigenvalue weighted by atomic mass is 10.1. The Hall–Kier alpha value is -1.34. The number of hydrogen-bond acceptors (Lipinski definition) is 4. The van der Waals surface area contributed by atoms with Crippen molar-refractivity contribution in [3.63, 3.8) is 0 Å². The number of ether oxygens (including phenoxy) is 1. The molecule has 2 bridgehead atoms. The molecule has 0 aromatic heterocycles. The Morgan fingerprint density at radius 3 is 2.40 bits per heavy atom. The van der Waals surface area contributed by atoms with Crippen molar-refractivity contribution in [3.05, 3.63) is 40.4 Å². The van der Waals surface area contributed by atoms with Gasteiger partial charge in [0.15, 0.2) is 9.84 Å². The van der Waals surface area contributed by atoms with Crippen LogP contribution in [0.5, 0.6) is 0 Å². The first-order chi connectivity index (χ1) is 11.5. The summed E-state index contributed by atoms with van der Waals surface area (Å²) in [5, 5.41) is -0.658. The SMILES string of the molecule is Cc1ccc(S(=O)(=O)[C@@H]2C[C@H]3C(Br)=C[C@@H]2N3C(=O)OC(C)(C)C)cc1. The van der Waals surface area contributed by atoms with Crippen LogP contribution in [0.15, 0.2) is 39.7 Å². The summed E-state index contributed by atoms with van der Waals surface area (Å²) in [4.78, 5) is 14.4. The Morgan fingerprint density at radius 1 is 1.24 bits per heavy atom. The molecule has 2 heterocycles. The van der Waals surface area contributed by atoms with Crippen LogP contribution in [0.25, 0.3) is 0 Å². The lowest BCUT2D eigenvalue weighted by molar-refractivity contribution is 0.0232. The van der Waals surface area contributed by atoms with Crippen LogP contribution in [0, 0.1) is 6.92 Å². The number of fused-ring (bicyclic) bond motifs is 2. The third-order valence-electron chi connectivity index (χ3n) is 4.49. The van der Waals surface area contributed by atoms with E-state index in [2.05, 4.69) is 15.9 Å². The molecule has 0 spiro atoms. The van der Waals surface area contributed by atoms with E-state index in [0.717, 1.165) is 10.0 Å². The quantitative estimate of drug-likeness (QED) is 0.719. The number of carbonyl (C=O) groups excluding carboxylic acids is 1. The van der Waals surface area contributed by atoms with Crippen molar-refractivity contribution < 1.29 is 17.9 Å². The van der Waals surface area contributed by atoms with Gasteiger partial charge in [0, 0.05) is 4.48 Å². The smallest absolute Gasteiger partial charge is 0.411 e. The number of nitrogens with zero attached hydrogens (tertiary/aromatic N) is 1. The van der Waals surface area contributed by atoms with Crippen molar-refractivity contribution in [1.82, 2.24) is 4.90 Å². The van der Waals surface area contributed by atoms with Crippen LogP contribution in [0.4, 0.5) is 4.79 Å². The summed E-state index contributed by atoms with van der Waals surface area (Å²) in [6.07, 6.45) is 1.71. The van der Waals surface area contributed by atoms with Gasteiger partial charge in [-0.1, -0.05) is 33.6 Å². The summed E-state index contributed by atoms with van der Waals surface area (Å²) >= 11 is 3.46. The lowest BCUT2D eigenvalue weighted by Gasteiger charge is -2.28. The second kappa shape index (κ2) is 6.13. The Labute approximate surface area is 157 Å².